The first-order valence-electron chi connectivity index (χ1n) is 5.63. The SMILES string of the molecule is CCC[C@@H](CC(=O)O)c1cc(Br)ccc1OC. The van der Waals surface area contributed by atoms with E-state index in [1.54, 1.807) is 7.11 Å². The zero-order chi connectivity index (χ0) is 12.8. The second kappa shape index (κ2) is 6.64. The average Bonchev–Trinajstić information content (AvgIpc) is 2.28. The summed E-state index contributed by atoms with van der Waals surface area (Å²) in [5.74, 6) is -0.0108. The van der Waals surface area contributed by atoms with Crippen molar-refractivity contribution in [3.05, 3.63) is 28.2 Å². The van der Waals surface area contributed by atoms with E-state index in [1.807, 2.05) is 18.2 Å². The van der Waals surface area contributed by atoms with Gasteiger partial charge in [0.15, 0.2) is 0 Å². The molecule has 1 N–H and O–H groups in total. The molecule has 0 aliphatic heterocycles. The largest absolute Gasteiger partial charge is 0.496 e. The number of carbonyl (C=O) groups is 1. The van der Waals surface area contributed by atoms with Gasteiger partial charge in [-0.2, -0.15) is 0 Å². The molecule has 0 aromatic heterocycles. The van der Waals surface area contributed by atoms with Gasteiger partial charge in [0.25, 0.3) is 0 Å². The first-order chi connectivity index (χ1) is 8.08. The molecule has 0 saturated heterocycles. The molecule has 94 valence electrons. The maximum Gasteiger partial charge on any atom is 0.303 e. The van der Waals surface area contributed by atoms with E-state index in [2.05, 4.69) is 22.9 Å². The van der Waals surface area contributed by atoms with Gasteiger partial charge in [-0.3, -0.25) is 4.79 Å². The number of methoxy groups -OCH3 is 1. The summed E-state index contributed by atoms with van der Waals surface area (Å²) < 4.78 is 6.24. The fraction of sp³-hybridized carbons (Fsp3) is 0.462. The molecule has 3 nitrogen and oxygen atoms in total. The number of ether oxygens (including phenoxy) is 1. The molecule has 1 rings (SSSR count). The highest BCUT2D eigenvalue weighted by Gasteiger charge is 2.18. The molecule has 1 aromatic rings. The van der Waals surface area contributed by atoms with E-state index in [-0.39, 0.29) is 12.3 Å². The monoisotopic (exact) mass is 300 g/mol. The lowest BCUT2D eigenvalue weighted by atomic mass is 9.91. The van der Waals surface area contributed by atoms with Crippen molar-refractivity contribution in [2.45, 2.75) is 32.1 Å². The van der Waals surface area contributed by atoms with Gasteiger partial charge in [0.1, 0.15) is 5.75 Å². The van der Waals surface area contributed by atoms with Gasteiger partial charge in [0, 0.05) is 4.47 Å². The number of halogens is 1. The third-order valence-corrected chi connectivity index (χ3v) is 3.18. The van der Waals surface area contributed by atoms with Crippen LogP contribution in [0.4, 0.5) is 0 Å². The van der Waals surface area contributed by atoms with E-state index >= 15 is 0 Å². The summed E-state index contributed by atoms with van der Waals surface area (Å²) in [6.45, 7) is 2.05. The summed E-state index contributed by atoms with van der Waals surface area (Å²) in [4.78, 5) is 10.9. The zero-order valence-corrected chi connectivity index (χ0v) is 11.7. The van der Waals surface area contributed by atoms with Crippen molar-refractivity contribution in [3.63, 3.8) is 0 Å². The molecule has 0 spiro atoms. The molecule has 0 bridgehead atoms. The van der Waals surface area contributed by atoms with Crippen LogP contribution in [-0.2, 0) is 4.79 Å². The molecule has 0 aliphatic rings. The normalized spacial score (nSPS) is 12.2. The van der Waals surface area contributed by atoms with Crippen LogP contribution in [0.1, 0.15) is 37.7 Å². The predicted octanol–water partition coefficient (Wildman–Crippen LogP) is 3.82. The van der Waals surface area contributed by atoms with E-state index in [4.69, 9.17) is 9.84 Å². The van der Waals surface area contributed by atoms with E-state index in [9.17, 15) is 4.79 Å². The van der Waals surface area contributed by atoms with Crippen LogP contribution in [0.15, 0.2) is 22.7 Å². The lowest BCUT2D eigenvalue weighted by Gasteiger charge is -2.18. The van der Waals surface area contributed by atoms with Gasteiger partial charge in [-0.15, -0.1) is 0 Å². The Morgan fingerprint density at radius 1 is 1.53 bits per heavy atom. The molecule has 1 atom stereocenters. The Hall–Kier alpha value is -1.03. The van der Waals surface area contributed by atoms with E-state index in [0.29, 0.717) is 0 Å². The van der Waals surface area contributed by atoms with Gasteiger partial charge in [0.05, 0.1) is 13.5 Å². The number of aliphatic carboxylic acids is 1. The third kappa shape index (κ3) is 4.04. The second-order valence-corrected chi connectivity index (χ2v) is 4.89. The second-order valence-electron chi connectivity index (χ2n) is 3.97. The standard InChI is InChI=1S/C13H17BrO3/c1-3-4-9(7-13(15)16)11-8-10(14)5-6-12(11)17-2/h5-6,8-9H,3-4,7H2,1-2H3,(H,15,16)/t9-/m0/s1. The number of carboxylic acid groups (broad SMARTS) is 1. The Morgan fingerprint density at radius 2 is 2.24 bits per heavy atom. The molecule has 1 aromatic carbocycles. The highest BCUT2D eigenvalue weighted by molar-refractivity contribution is 9.10. The van der Waals surface area contributed by atoms with Gasteiger partial charge in [0.2, 0.25) is 0 Å². The van der Waals surface area contributed by atoms with Crippen molar-refractivity contribution in [1.29, 1.82) is 0 Å². The molecule has 0 radical (unpaired) electrons. The minimum atomic E-state index is -0.773. The van der Waals surface area contributed by atoms with Crippen LogP contribution >= 0.6 is 15.9 Å². The van der Waals surface area contributed by atoms with Gasteiger partial charge in [-0.1, -0.05) is 29.3 Å². The Labute approximate surface area is 110 Å². The summed E-state index contributed by atoms with van der Waals surface area (Å²) in [7, 11) is 1.61. The molecule has 0 fully saturated rings. The lowest BCUT2D eigenvalue weighted by Crippen LogP contribution is -2.07. The Bertz CT molecular complexity index is 390. The van der Waals surface area contributed by atoms with Gasteiger partial charge < -0.3 is 9.84 Å². The van der Waals surface area contributed by atoms with E-state index in [0.717, 1.165) is 28.6 Å². The summed E-state index contributed by atoms with van der Waals surface area (Å²) in [6, 6.07) is 5.71. The fourth-order valence-electron chi connectivity index (χ4n) is 1.95. The maximum atomic E-state index is 10.9. The molecule has 17 heavy (non-hydrogen) atoms. The van der Waals surface area contributed by atoms with Crippen LogP contribution in [0, 0.1) is 0 Å². The summed E-state index contributed by atoms with van der Waals surface area (Å²) in [5, 5.41) is 8.95. The van der Waals surface area contributed by atoms with Crippen molar-refractivity contribution >= 4 is 21.9 Å². The van der Waals surface area contributed by atoms with Crippen LogP contribution in [0.5, 0.6) is 5.75 Å². The van der Waals surface area contributed by atoms with Gasteiger partial charge in [-0.05, 0) is 36.1 Å². The van der Waals surface area contributed by atoms with Crippen molar-refractivity contribution in [1.82, 2.24) is 0 Å². The van der Waals surface area contributed by atoms with E-state index in [1.165, 1.54) is 0 Å². The molecule has 0 aliphatic carbocycles. The lowest BCUT2D eigenvalue weighted by molar-refractivity contribution is -0.137. The van der Waals surface area contributed by atoms with Crippen LogP contribution in [0.2, 0.25) is 0 Å². The number of benzene rings is 1. The zero-order valence-electron chi connectivity index (χ0n) is 10.1. The molecular formula is C13H17BrO3. The quantitative estimate of drug-likeness (QED) is 0.869. The van der Waals surface area contributed by atoms with Crippen molar-refractivity contribution < 1.29 is 14.6 Å². The third-order valence-electron chi connectivity index (χ3n) is 2.69. The summed E-state index contributed by atoms with van der Waals surface area (Å²) in [5.41, 5.74) is 0.964. The number of rotatable bonds is 6. The molecule has 4 heteroatoms. The smallest absolute Gasteiger partial charge is 0.303 e. The first kappa shape index (κ1) is 14.0. The fourth-order valence-corrected chi connectivity index (χ4v) is 2.33. The van der Waals surface area contributed by atoms with Crippen molar-refractivity contribution in [2.75, 3.05) is 7.11 Å². The van der Waals surface area contributed by atoms with Crippen LogP contribution in [0.25, 0.3) is 0 Å². The summed E-state index contributed by atoms with van der Waals surface area (Å²) >= 11 is 3.41. The minimum Gasteiger partial charge on any atom is -0.496 e. The number of hydrogen-bond acceptors (Lipinski definition) is 2. The first-order valence-corrected chi connectivity index (χ1v) is 6.43. The Kier molecular flexibility index (Phi) is 5.48. The summed E-state index contributed by atoms with van der Waals surface area (Å²) in [6.07, 6.45) is 1.94. The topological polar surface area (TPSA) is 46.5 Å². The van der Waals surface area contributed by atoms with Crippen LogP contribution < -0.4 is 4.74 Å². The van der Waals surface area contributed by atoms with E-state index < -0.39 is 5.97 Å². The molecule has 0 unspecified atom stereocenters. The van der Waals surface area contributed by atoms with Crippen LogP contribution in [-0.4, -0.2) is 18.2 Å². The Morgan fingerprint density at radius 3 is 2.76 bits per heavy atom. The number of hydrogen-bond donors (Lipinski definition) is 1. The maximum absolute atomic E-state index is 10.9. The van der Waals surface area contributed by atoms with Crippen molar-refractivity contribution in [2.24, 2.45) is 0 Å². The van der Waals surface area contributed by atoms with Gasteiger partial charge >= 0.3 is 5.97 Å². The molecule has 0 heterocycles. The molecule has 0 amide bonds. The molecule has 0 saturated carbocycles. The van der Waals surface area contributed by atoms with Crippen molar-refractivity contribution in [3.8, 4) is 5.75 Å². The highest BCUT2D eigenvalue weighted by Crippen LogP contribution is 2.34. The molecular weight excluding hydrogens is 284 g/mol. The van der Waals surface area contributed by atoms with Gasteiger partial charge in [-0.25, -0.2) is 0 Å². The highest BCUT2D eigenvalue weighted by atomic mass is 79.9. The predicted molar refractivity (Wildman–Crippen MR) is 70.6 cm³/mol. The van der Waals surface area contributed by atoms with Crippen LogP contribution in [0.3, 0.4) is 0 Å². The minimum absolute atomic E-state index is 0.00458. The number of carboxylic acids is 1. The Balaban J connectivity index is 3.06. The average molecular weight is 301 g/mol.